The molecule has 100 valence electrons. The van der Waals surface area contributed by atoms with Crippen LogP contribution in [-0.4, -0.2) is 11.9 Å². The van der Waals surface area contributed by atoms with Crippen LogP contribution in [0.5, 0.6) is 5.75 Å². The van der Waals surface area contributed by atoms with Gasteiger partial charge in [0.15, 0.2) is 6.10 Å². The zero-order valence-corrected chi connectivity index (χ0v) is 11.5. The van der Waals surface area contributed by atoms with Gasteiger partial charge in [-0.25, -0.2) is 0 Å². The number of Topliss-reactive ketones (excluding diaryl/α,β-unsaturated/α-hetero) is 1. The van der Waals surface area contributed by atoms with Gasteiger partial charge in [0.25, 0.3) is 0 Å². The molecule has 0 spiro atoms. The number of hydrogen-bond donors (Lipinski definition) is 0. The topological polar surface area (TPSA) is 50.1 Å². The third-order valence-electron chi connectivity index (χ3n) is 2.98. The Bertz CT molecular complexity index is 653. The molecule has 3 heteroatoms. The molecule has 2 rings (SSSR count). The van der Waals surface area contributed by atoms with Gasteiger partial charge in [-0.1, -0.05) is 35.9 Å². The lowest BCUT2D eigenvalue weighted by molar-refractivity contribution is 0.0818. The van der Waals surface area contributed by atoms with Crippen molar-refractivity contribution in [1.29, 1.82) is 5.26 Å². The summed E-state index contributed by atoms with van der Waals surface area (Å²) in [4.78, 5) is 12.2. The summed E-state index contributed by atoms with van der Waals surface area (Å²) in [5.74, 6) is 0.448. The molecule has 20 heavy (non-hydrogen) atoms. The van der Waals surface area contributed by atoms with Gasteiger partial charge < -0.3 is 4.74 Å². The van der Waals surface area contributed by atoms with Gasteiger partial charge in [-0.05, 0) is 32.0 Å². The molecule has 0 unspecified atom stereocenters. The molecule has 2 aromatic carbocycles. The number of carbonyl (C=O) groups is 1. The van der Waals surface area contributed by atoms with E-state index in [1.54, 1.807) is 43.3 Å². The SMILES string of the molecule is Cc1ccc(C(=O)[C@@H](C)Oc2cccc(C#N)c2)cc1. The molecule has 2 aromatic rings. The molecule has 0 aliphatic carbocycles. The van der Waals surface area contributed by atoms with Crippen molar-refractivity contribution in [2.45, 2.75) is 20.0 Å². The minimum atomic E-state index is -0.591. The van der Waals surface area contributed by atoms with Crippen LogP contribution >= 0.6 is 0 Å². The Morgan fingerprint density at radius 3 is 2.55 bits per heavy atom. The van der Waals surface area contributed by atoms with Crippen LogP contribution in [0.4, 0.5) is 0 Å². The van der Waals surface area contributed by atoms with Crippen molar-refractivity contribution in [3.05, 3.63) is 65.2 Å². The summed E-state index contributed by atoms with van der Waals surface area (Å²) in [6, 6.07) is 16.2. The Kier molecular flexibility index (Phi) is 4.17. The summed E-state index contributed by atoms with van der Waals surface area (Å²) in [5, 5.41) is 8.84. The molecule has 0 bridgehead atoms. The van der Waals surface area contributed by atoms with Crippen LogP contribution in [-0.2, 0) is 0 Å². The van der Waals surface area contributed by atoms with E-state index in [0.29, 0.717) is 16.9 Å². The molecule has 3 nitrogen and oxygen atoms in total. The van der Waals surface area contributed by atoms with Gasteiger partial charge in [0, 0.05) is 5.56 Å². The Hall–Kier alpha value is -2.60. The average molecular weight is 265 g/mol. The van der Waals surface area contributed by atoms with Gasteiger partial charge in [-0.3, -0.25) is 4.79 Å². The molecule has 0 fully saturated rings. The quantitative estimate of drug-likeness (QED) is 0.795. The predicted octanol–water partition coefficient (Wildman–Crippen LogP) is 3.52. The zero-order valence-electron chi connectivity index (χ0n) is 11.5. The van der Waals surface area contributed by atoms with Gasteiger partial charge in [-0.2, -0.15) is 5.26 Å². The minimum Gasteiger partial charge on any atom is -0.483 e. The first kappa shape index (κ1) is 13.8. The molecule has 0 radical (unpaired) electrons. The average Bonchev–Trinajstić information content (AvgIpc) is 2.47. The minimum absolute atomic E-state index is 0.0765. The highest BCUT2D eigenvalue weighted by Gasteiger charge is 2.16. The lowest BCUT2D eigenvalue weighted by Crippen LogP contribution is -2.23. The van der Waals surface area contributed by atoms with E-state index in [1.807, 2.05) is 25.1 Å². The normalized spacial score (nSPS) is 11.4. The van der Waals surface area contributed by atoms with Crippen LogP contribution in [0, 0.1) is 18.3 Å². The van der Waals surface area contributed by atoms with E-state index in [2.05, 4.69) is 0 Å². The Labute approximate surface area is 118 Å². The highest BCUT2D eigenvalue weighted by Crippen LogP contribution is 2.16. The van der Waals surface area contributed by atoms with E-state index in [-0.39, 0.29) is 5.78 Å². The van der Waals surface area contributed by atoms with Crippen molar-refractivity contribution in [2.75, 3.05) is 0 Å². The van der Waals surface area contributed by atoms with Crippen molar-refractivity contribution in [2.24, 2.45) is 0 Å². The monoisotopic (exact) mass is 265 g/mol. The molecular weight excluding hydrogens is 250 g/mol. The number of hydrogen-bond acceptors (Lipinski definition) is 3. The van der Waals surface area contributed by atoms with Crippen LogP contribution in [0.3, 0.4) is 0 Å². The summed E-state index contributed by atoms with van der Waals surface area (Å²) in [6.07, 6.45) is -0.591. The van der Waals surface area contributed by atoms with Gasteiger partial charge in [-0.15, -0.1) is 0 Å². The van der Waals surface area contributed by atoms with Gasteiger partial charge in [0.05, 0.1) is 11.6 Å². The van der Waals surface area contributed by atoms with Crippen LogP contribution in [0.1, 0.15) is 28.4 Å². The molecule has 0 aromatic heterocycles. The van der Waals surface area contributed by atoms with Crippen molar-refractivity contribution in [3.8, 4) is 11.8 Å². The van der Waals surface area contributed by atoms with Crippen LogP contribution in [0.25, 0.3) is 0 Å². The number of carbonyl (C=O) groups excluding carboxylic acids is 1. The number of ketones is 1. The lowest BCUT2D eigenvalue weighted by atomic mass is 10.1. The van der Waals surface area contributed by atoms with Crippen molar-refractivity contribution in [3.63, 3.8) is 0 Å². The standard InChI is InChI=1S/C17H15NO2/c1-12-6-8-15(9-7-12)17(19)13(2)20-16-5-3-4-14(10-16)11-18/h3-10,13H,1-2H3/t13-/m1/s1. The van der Waals surface area contributed by atoms with Crippen molar-refractivity contribution >= 4 is 5.78 Å². The molecular formula is C17H15NO2. The number of rotatable bonds is 4. The third-order valence-corrected chi connectivity index (χ3v) is 2.98. The van der Waals surface area contributed by atoms with Gasteiger partial charge in [0.1, 0.15) is 5.75 Å². The van der Waals surface area contributed by atoms with Gasteiger partial charge >= 0.3 is 0 Å². The summed E-state index contributed by atoms with van der Waals surface area (Å²) in [5.41, 5.74) is 2.24. The number of ether oxygens (including phenoxy) is 1. The Morgan fingerprint density at radius 2 is 1.90 bits per heavy atom. The second kappa shape index (κ2) is 6.03. The molecule has 0 N–H and O–H groups in total. The van der Waals surface area contributed by atoms with E-state index in [4.69, 9.17) is 10.00 Å². The van der Waals surface area contributed by atoms with E-state index >= 15 is 0 Å². The number of nitrogens with zero attached hydrogens (tertiary/aromatic N) is 1. The van der Waals surface area contributed by atoms with Gasteiger partial charge in [0.2, 0.25) is 5.78 Å². The molecule has 0 amide bonds. The van der Waals surface area contributed by atoms with Crippen LogP contribution in [0.2, 0.25) is 0 Å². The maximum Gasteiger partial charge on any atom is 0.202 e. The first-order valence-corrected chi connectivity index (χ1v) is 6.38. The largest absolute Gasteiger partial charge is 0.483 e. The molecule has 0 heterocycles. The molecule has 0 saturated carbocycles. The molecule has 0 aliphatic rings. The fourth-order valence-corrected chi connectivity index (χ4v) is 1.85. The van der Waals surface area contributed by atoms with E-state index in [0.717, 1.165) is 5.56 Å². The summed E-state index contributed by atoms with van der Waals surface area (Å²) >= 11 is 0. The number of nitriles is 1. The molecule has 1 atom stereocenters. The van der Waals surface area contributed by atoms with Crippen molar-refractivity contribution in [1.82, 2.24) is 0 Å². The first-order valence-electron chi connectivity index (χ1n) is 6.38. The second-order valence-electron chi connectivity index (χ2n) is 4.63. The summed E-state index contributed by atoms with van der Waals surface area (Å²) in [6.45, 7) is 3.68. The Balaban J connectivity index is 2.11. The smallest absolute Gasteiger partial charge is 0.202 e. The van der Waals surface area contributed by atoms with Crippen LogP contribution in [0.15, 0.2) is 48.5 Å². The molecule has 0 aliphatic heterocycles. The van der Waals surface area contributed by atoms with E-state index in [9.17, 15) is 4.79 Å². The zero-order chi connectivity index (χ0) is 14.5. The highest BCUT2D eigenvalue weighted by molar-refractivity contribution is 5.99. The highest BCUT2D eigenvalue weighted by atomic mass is 16.5. The van der Waals surface area contributed by atoms with E-state index in [1.165, 1.54) is 0 Å². The Morgan fingerprint density at radius 1 is 1.20 bits per heavy atom. The van der Waals surface area contributed by atoms with Crippen LogP contribution < -0.4 is 4.74 Å². The molecule has 0 saturated heterocycles. The maximum absolute atomic E-state index is 12.2. The fraction of sp³-hybridized carbons (Fsp3) is 0.176. The lowest BCUT2D eigenvalue weighted by Gasteiger charge is -2.14. The second-order valence-corrected chi connectivity index (χ2v) is 4.63. The predicted molar refractivity (Wildman–Crippen MR) is 76.8 cm³/mol. The third kappa shape index (κ3) is 3.24. The fourth-order valence-electron chi connectivity index (χ4n) is 1.85. The maximum atomic E-state index is 12.2. The number of benzene rings is 2. The summed E-state index contributed by atoms with van der Waals surface area (Å²) < 4.78 is 5.60. The van der Waals surface area contributed by atoms with Crippen molar-refractivity contribution < 1.29 is 9.53 Å². The summed E-state index contributed by atoms with van der Waals surface area (Å²) in [7, 11) is 0. The number of aryl methyl sites for hydroxylation is 1. The first-order chi connectivity index (χ1) is 9.60. The van der Waals surface area contributed by atoms with E-state index < -0.39 is 6.10 Å².